The molecule has 31 heavy (non-hydrogen) atoms. The van der Waals surface area contributed by atoms with E-state index in [1.54, 1.807) is 23.9 Å². The zero-order chi connectivity index (χ0) is 22.8. The molecule has 0 saturated carbocycles. The van der Waals surface area contributed by atoms with Crippen LogP contribution in [0, 0.1) is 4.91 Å². The summed E-state index contributed by atoms with van der Waals surface area (Å²) in [6.45, 7) is 4.38. The molecule has 168 valence electrons. The van der Waals surface area contributed by atoms with Crippen LogP contribution in [0.4, 0.5) is 0 Å². The molecule has 0 aliphatic heterocycles. The van der Waals surface area contributed by atoms with Crippen LogP contribution in [0.1, 0.15) is 55.8 Å². The lowest BCUT2D eigenvalue weighted by Crippen LogP contribution is -2.13. The predicted molar refractivity (Wildman–Crippen MR) is 126 cm³/mol. The van der Waals surface area contributed by atoms with Crippen molar-refractivity contribution in [2.24, 2.45) is 10.9 Å². The number of rotatable bonds is 13. The number of halogens is 1. The van der Waals surface area contributed by atoms with E-state index in [0.717, 1.165) is 34.6 Å². The van der Waals surface area contributed by atoms with Crippen LogP contribution in [0.15, 0.2) is 40.4 Å². The Balaban J connectivity index is 1.94. The maximum atomic E-state index is 11.1. The molecule has 0 fully saturated rings. The quantitative estimate of drug-likeness (QED) is 0.221. The van der Waals surface area contributed by atoms with Crippen LogP contribution in [-0.2, 0) is 17.6 Å². The predicted octanol–water partition coefficient (Wildman–Crippen LogP) is 5.80. The van der Waals surface area contributed by atoms with Gasteiger partial charge in [-0.15, -0.1) is 11.8 Å². The standard InChI is InChI=1S/C23H29ClN2O4S/c1-3-6-17-20(9-8-16(23(17)28)19(4-2)26-29)30-11-5-12-31-21-10-7-15(13-18(21)24)14-22(25)27/h7-10,13,19,28H,3-6,11-12,14H2,1-2H3,(H2,25,27). The van der Waals surface area contributed by atoms with Gasteiger partial charge in [-0.05, 0) is 49.1 Å². The molecule has 0 aliphatic rings. The highest BCUT2D eigenvalue weighted by atomic mass is 35.5. The number of amides is 1. The number of nitroso groups, excluding NO2 is 1. The Kier molecular flexibility index (Phi) is 10.1. The molecular weight excluding hydrogens is 436 g/mol. The molecule has 1 unspecified atom stereocenters. The average molecular weight is 465 g/mol. The Morgan fingerprint density at radius 2 is 2.06 bits per heavy atom. The average Bonchev–Trinajstić information content (AvgIpc) is 2.73. The molecule has 8 heteroatoms. The highest BCUT2D eigenvalue weighted by Crippen LogP contribution is 2.38. The number of carbonyl (C=O) groups excluding carboxylic acids is 1. The van der Waals surface area contributed by atoms with E-state index in [4.69, 9.17) is 22.1 Å². The summed E-state index contributed by atoms with van der Waals surface area (Å²) in [6.07, 6.45) is 2.99. The van der Waals surface area contributed by atoms with E-state index in [0.29, 0.717) is 35.8 Å². The van der Waals surface area contributed by atoms with Crippen LogP contribution >= 0.6 is 23.4 Å². The van der Waals surface area contributed by atoms with Crippen molar-refractivity contribution in [1.29, 1.82) is 0 Å². The first-order valence-corrected chi connectivity index (χ1v) is 11.8. The highest BCUT2D eigenvalue weighted by Gasteiger charge is 2.19. The number of hydrogen-bond donors (Lipinski definition) is 2. The number of hydrogen-bond acceptors (Lipinski definition) is 6. The Labute approximate surface area is 192 Å². The summed E-state index contributed by atoms with van der Waals surface area (Å²) in [5, 5.41) is 14.4. The molecular formula is C23H29ClN2O4S. The van der Waals surface area contributed by atoms with Gasteiger partial charge in [0.05, 0.1) is 18.1 Å². The second-order valence-corrected chi connectivity index (χ2v) is 8.76. The maximum absolute atomic E-state index is 11.1. The van der Waals surface area contributed by atoms with Crippen molar-refractivity contribution in [2.75, 3.05) is 12.4 Å². The molecule has 1 amide bonds. The van der Waals surface area contributed by atoms with E-state index in [1.807, 2.05) is 32.0 Å². The van der Waals surface area contributed by atoms with Crippen molar-refractivity contribution in [1.82, 2.24) is 0 Å². The van der Waals surface area contributed by atoms with Gasteiger partial charge in [-0.2, -0.15) is 4.91 Å². The Bertz CT molecular complexity index is 907. The van der Waals surface area contributed by atoms with Crippen LogP contribution in [0.3, 0.4) is 0 Å². The van der Waals surface area contributed by atoms with Crippen molar-refractivity contribution in [3.05, 3.63) is 57.0 Å². The fraction of sp³-hybridized carbons (Fsp3) is 0.435. The summed E-state index contributed by atoms with van der Waals surface area (Å²) in [7, 11) is 0. The number of aromatic hydroxyl groups is 1. The van der Waals surface area contributed by atoms with E-state index in [2.05, 4.69) is 5.18 Å². The van der Waals surface area contributed by atoms with Gasteiger partial charge in [-0.3, -0.25) is 4.79 Å². The summed E-state index contributed by atoms with van der Waals surface area (Å²) >= 11 is 7.91. The number of nitrogens with two attached hydrogens (primary N) is 1. The van der Waals surface area contributed by atoms with Crippen LogP contribution < -0.4 is 10.5 Å². The Morgan fingerprint density at radius 3 is 2.68 bits per heavy atom. The third-order valence-electron chi connectivity index (χ3n) is 4.82. The lowest BCUT2D eigenvalue weighted by atomic mass is 9.98. The number of ether oxygens (including phenoxy) is 1. The molecule has 1 atom stereocenters. The summed E-state index contributed by atoms with van der Waals surface area (Å²) < 4.78 is 5.94. The van der Waals surface area contributed by atoms with Gasteiger partial charge in [-0.25, -0.2) is 0 Å². The first-order valence-electron chi connectivity index (χ1n) is 10.4. The summed E-state index contributed by atoms with van der Waals surface area (Å²) in [4.78, 5) is 23.0. The molecule has 3 N–H and O–H groups in total. The lowest BCUT2D eigenvalue weighted by molar-refractivity contribution is -0.117. The van der Waals surface area contributed by atoms with E-state index in [-0.39, 0.29) is 18.1 Å². The summed E-state index contributed by atoms with van der Waals surface area (Å²) in [5.74, 6) is 1.17. The molecule has 2 rings (SSSR count). The third-order valence-corrected chi connectivity index (χ3v) is 6.41. The highest BCUT2D eigenvalue weighted by molar-refractivity contribution is 7.99. The topological polar surface area (TPSA) is 102 Å². The molecule has 0 bridgehead atoms. The number of carbonyl (C=O) groups is 1. The largest absolute Gasteiger partial charge is 0.507 e. The minimum Gasteiger partial charge on any atom is -0.507 e. The first-order chi connectivity index (χ1) is 14.9. The molecule has 0 saturated heterocycles. The number of primary amides is 1. The van der Waals surface area contributed by atoms with Crippen LogP contribution in [0.5, 0.6) is 11.5 Å². The second kappa shape index (κ2) is 12.6. The van der Waals surface area contributed by atoms with E-state index in [9.17, 15) is 14.8 Å². The first kappa shape index (κ1) is 25.0. The van der Waals surface area contributed by atoms with Gasteiger partial charge in [0.15, 0.2) is 0 Å². The van der Waals surface area contributed by atoms with E-state index < -0.39 is 6.04 Å². The molecule has 2 aromatic carbocycles. The van der Waals surface area contributed by atoms with Crippen molar-refractivity contribution < 1.29 is 14.6 Å². The van der Waals surface area contributed by atoms with Gasteiger partial charge in [-0.1, -0.05) is 43.1 Å². The number of benzene rings is 2. The van der Waals surface area contributed by atoms with Crippen molar-refractivity contribution >= 4 is 29.3 Å². The molecule has 0 radical (unpaired) electrons. The molecule has 2 aromatic rings. The van der Waals surface area contributed by atoms with Crippen LogP contribution in [0.2, 0.25) is 5.02 Å². The van der Waals surface area contributed by atoms with Crippen molar-refractivity contribution in [3.8, 4) is 11.5 Å². The zero-order valence-corrected chi connectivity index (χ0v) is 19.5. The number of phenolic OH excluding ortho intramolecular Hbond substituents is 1. The van der Waals surface area contributed by atoms with Gasteiger partial charge in [0.2, 0.25) is 5.91 Å². The second-order valence-electron chi connectivity index (χ2n) is 7.22. The van der Waals surface area contributed by atoms with Gasteiger partial charge >= 0.3 is 0 Å². The monoisotopic (exact) mass is 464 g/mol. The zero-order valence-electron chi connectivity index (χ0n) is 17.9. The van der Waals surface area contributed by atoms with Gasteiger partial charge in [0.25, 0.3) is 0 Å². The van der Waals surface area contributed by atoms with Crippen LogP contribution in [-0.4, -0.2) is 23.4 Å². The maximum Gasteiger partial charge on any atom is 0.221 e. The smallest absolute Gasteiger partial charge is 0.221 e. The van der Waals surface area contributed by atoms with Crippen molar-refractivity contribution in [2.45, 2.75) is 56.9 Å². The molecule has 0 aromatic heterocycles. The molecule has 6 nitrogen and oxygen atoms in total. The summed E-state index contributed by atoms with van der Waals surface area (Å²) in [5.41, 5.74) is 7.29. The molecule has 0 heterocycles. The van der Waals surface area contributed by atoms with Gasteiger partial charge in [0.1, 0.15) is 17.5 Å². The van der Waals surface area contributed by atoms with E-state index in [1.165, 1.54) is 0 Å². The SMILES string of the molecule is CCCc1c(OCCCSc2ccc(CC(N)=O)cc2Cl)ccc(C(CC)N=O)c1O. The number of phenols is 1. The van der Waals surface area contributed by atoms with Crippen molar-refractivity contribution in [3.63, 3.8) is 0 Å². The Hall–Kier alpha value is -2.25. The normalized spacial score (nSPS) is 11.8. The van der Waals surface area contributed by atoms with E-state index >= 15 is 0 Å². The third kappa shape index (κ3) is 7.14. The molecule has 0 aliphatic carbocycles. The van der Waals surface area contributed by atoms with Crippen LogP contribution in [0.25, 0.3) is 0 Å². The fourth-order valence-electron chi connectivity index (χ4n) is 3.28. The summed E-state index contributed by atoms with van der Waals surface area (Å²) in [6, 6.07) is 8.50. The fourth-order valence-corrected chi connectivity index (χ4v) is 4.49. The number of thioether (sulfide) groups is 1. The Morgan fingerprint density at radius 1 is 1.29 bits per heavy atom. The van der Waals surface area contributed by atoms with Gasteiger partial charge < -0.3 is 15.6 Å². The number of nitrogens with zero attached hydrogens (tertiary/aromatic N) is 1. The van der Waals surface area contributed by atoms with Gasteiger partial charge in [0, 0.05) is 21.8 Å². The lowest BCUT2D eigenvalue weighted by Gasteiger charge is -2.17. The minimum absolute atomic E-state index is 0.114. The minimum atomic E-state index is -0.555. The molecule has 0 spiro atoms.